The normalized spacial score (nSPS) is 14.9. The fourth-order valence-electron chi connectivity index (χ4n) is 0.924. The lowest BCUT2D eigenvalue weighted by Gasteiger charge is -2.22. The van der Waals surface area contributed by atoms with E-state index < -0.39 is 6.72 Å². The third-order valence-corrected chi connectivity index (χ3v) is 3.96. The second-order valence-electron chi connectivity index (χ2n) is 2.62. The van der Waals surface area contributed by atoms with Crippen molar-refractivity contribution in [1.29, 1.82) is 0 Å². The van der Waals surface area contributed by atoms with E-state index in [0.717, 1.165) is 0 Å². The van der Waals surface area contributed by atoms with Gasteiger partial charge in [0.05, 0.1) is 19.3 Å². The van der Waals surface area contributed by atoms with Crippen molar-refractivity contribution in [3.8, 4) is 0 Å². The lowest BCUT2D eigenvalue weighted by molar-refractivity contribution is 0.149. The molecule has 0 aromatic carbocycles. The number of hydrogen-bond donors (Lipinski definition) is 0. The maximum Gasteiger partial charge on any atom is 0.327 e. The van der Waals surface area contributed by atoms with Gasteiger partial charge >= 0.3 is 6.72 Å². The topological polar surface area (TPSA) is 27.7 Å². The minimum Gasteiger partial charge on any atom is -0.309 e. The molecule has 0 saturated carbocycles. The Labute approximate surface area is 91.7 Å². The van der Waals surface area contributed by atoms with Crippen molar-refractivity contribution in [2.45, 2.75) is 33.8 Å². The summed E-state index contributed by atoms with van der Waals surface area (Å²) in [5.74, 6) is 0. The van der Waals surface area contributed by atoms with Gasteiger partial charge in [-0.15, -0.1) is 0 Å². The van der Waals surface area contributed by atoms with E-state index in [0.29, 0.717) is 13.2 Å². The predicted octanol–water partition coefficient (Wildman–Crippen LogP) is 3.27. The monoisotopic (exact) mass is 238 g/mol. The van der Waals surface area contributed by atoms with Gasteiger partial charge < -0.3 is 13.6 Å². The first-order valence-electron chi connectivity index (χ1n) is 4.78. The molecule has 0 aromatic rings. The minimum absolute atomic E-state index is 0.0658. The first-order valence-corrected chi connectivity index (χ1v) is 7.33. The van der Waals surface area contributed by atoms with Gasteiger partial charge in [0, 0.05) is 0 Å². The lowest BCUT2D eigenvalue weighted by Crippen LogP contribution is -2.07. The van der Waals surface area contributed by atoms with Crippen LogP contribution in [0.5, 0.6) is 0 Å². The molecule has 0 fully saturated rings. The van der Waals surface area contributed by atoms with Crippen molar-refractivity contribution < 1.29 is 13.6 Å². The molecular formula is C9H19O3PS. The van der Waals surface area contributed by atoms with Gasteiger partial charge in [-0.05, 0) is 39.5 Å². The SMILES string of the molecule is C/C=C/C(C)OP(=S)(OCC)OCC. The molecule has 0 aliphatic carbocycles. The van der Waals surface area contributed by atoms with Gasteiger partial charge in [-0.25, -0.2) is 0 Å². The average Bonchev–Trinajstić information content (AvgIpc) is 2.04. The smallest absolute Gasteiger partial charge is 0.309 e. The van der Waals surface area contributed by atoms with Gasteiger partial charge in [0.15, 0.2) is 0 Å². The van der Waals surface area contributed by atoms with Crippen molar-refractivity contribution >= 4 is 18.5 Å². The van der Waals surface area contributed by atoms with E-state index in [9.17, 15) is 0 Å². The molecule has 14 heavy (non-hydrogen) atoms. The fraction of sp³-hybridized carbons (Fsp3) is 0.778. The first-order chi connectivity index (χ1) is 6.58. The summed E-state index contributed by atoms with van der Waals surface area (Å²) in [4.78, 5) is 0. The van der Waals surface area contributed by atoms with Gasteiger partial charge in [0.25, 0.3) is 0 Å². The standard InChI is InChI=1S/C9H19O3PS/c1-5-8-9(4)12-13(14,10-6-2)11-7-3/h5,8-9H,6-7H2,1-4H3/b8-5+. The highest BCUT2D eigenvalue weighted by Gasteiger charge is 2.21. The Balaban J connectivity index is 4.27. The van der Waals surface area contributed by atoms with Crippen molar-refractivity contribution in [1.82, 2.24) is 0 Å². The third-order valence-electron chi connectivity index (χ3n) is 1.33. The second kappa shape index (κ2) is 7.55. The van der Waals surface area contributed by atoms with E-state index >= 15 is 0 Å². The Morgan fingerprint density at radius 1 is 1.29 bits per heavy atom. The Morgan fingerprint density at radius 2 is 1.79 bits per heavy atom. The van der Waals surface area contributed by atoms with Crippen LogP contribution in [-0.2, 0) is 25.4 Å². The summed E-state index contributed by atoms with van der Waals surface area (Å²) in [6.07, 6.45) is 3.77. The Morgan fingerprint density at radius 3 is 2.14 bits per heavy atom. The number of rotatable bonds is 7. The molecule has 0 aliphatic rings. The molecule has 1 unspecified atom stereocenters. The van der Waals surface area contributed by atoms with E-state index in [-0.39, 0.29) is 6.10 Å². The van der Waals surface area contributed by atoms with E-state index in [1.54, 1.807) is 0 Å². The molecule has 0 aromatic heterocycles. The number of allylic oxidation sites excluding steroid dienone is 1. The van der Waals surface area contributed by atoms with E-state index in [2.05, 4.69) is 0 Å². The molecule has 0 spiro atoms. The molecule has 0 N–H and O–H groups in total. The minimum atomic E-state index is -2.52. The van der Waals surface area contributed by atoms with Crippen LogP contribution in [0.15, 0.2) is 12.2 Å². The van der Waals surface area contributed by atoms with Crippen LogP contribution in [0.4, 0.5) is 0 Å². The largest absolute Gasteiger partial charge is 0.327 e. The first kappa shape index (κ1) is 14.3. The summed E-state index contributed by atoms with van der Waals surface area (Å²) in [6.45, 7) is 6.11. The summed E-state index contributed by atoms with van der Waals surface area (Å²) < 4.78 is 16.2. The quantitative estimate of drug-likeness (QED) is 0.502. The molecular weight excluding hydrogens is 219 g/mol. The van der Waals surface area contributed by atoms with Crippen LogP contribution in [0, 0.1) is 0 Å². The van der Waals surface area contributed by atoms with Crippen LogP contribution in [0.1, 0.15) is 27.7 Å². The molecule has 5 heteroatoms. The highest BCUT2D eigenvalue weighted by atomic mass is 32.5. The second-order valence-corrected chi connectivity index (χ2v) is 5.58. The zero-order valence-electron chi connectivity index (χ0n) is 9.23. The zero-order valence-corrected chi connectivity index (χ0v) is 10.9. The molecule has 0 heterocycles. The van der Waals surface area contributed by atoms with Crippen molar-refractivity contribution in [2.75, 3.05) is 13.2 Å². The van der Waals surface area contributed by atoms with E-state index in [1.807, 2.05) is 39.8 Å². The van der Waals surface area contributed by atoms with Gasteiger partial charge in [-0.3, -0.25) is 0 Å². The molecule has 0 bridgehead atoms. The third kappa shape index (κ3) is 5.89. The van der Waals surface area contributed by atoms with Gasteiger partial charge in [0.1, 0.15) is 0 Å². The van der Waals surface area contributed by atoms with Gasteiger partial charge in [-0.1, -0.05) is 12.2 Å². The summed E-state index contributed by atoms with van der Waals surface area (Å²) in [5.41, 5.74) is 0. The summed E-state index contributed by atoms with van der Waals surface area (Å²) in [6, 6.07) is 0. The Kier molecular flexibility index (Phi) is 7.69. The molecule has 0 radical (unpaired) electrons. The fourth-order valence-corrected chi connectivity index (χ4v) is 3.27. The van der Waals surface area contributed by atoms with Crippen LogP contribution in [0.2, 0.25) is 0 Å². The van der Waals surface area contributed by atoms with E-state index in [1.165, 1.54) is 0 Å². The predicted molar refractivity (Wildman–Crippen MR) is 62.9 cm³/mol. The molecule has 0 rings (SSSR count). The van der Waals surface area contributed by atoms with Crippen molar-refractivity contribution in [2.24, 2.45) is 0 Å². The molecule has 0 amide bonds. The summed E-state index contributed by atoms with van der Waals surface area (Å²) >= 11 is 5.20. The van der Waals surface area contributed by atoms with Crippen molar-refractivity contribution in [3.05, 3.63) is 12.2 Å². The Bertz CT molecular complexity index is 208. The molecule has 3 nitrogen and oxygen atoms in total. The molecule has 0 saturated heterocycles. The van der Waals surface area contributed by atoms with E-state index in [4.69, 9.17) is 25.4 Å². The number of hydrogen-bond acceptors (Lipinski definition) is 4. The highest BCUT2D eigenvalue weighted by molar-refractivity contribution is 8.07. The summed E-state index contributed by atoms with van der Waals surface area (Å²) in [5, 5.41) is 0. The zero-order chi connectivity index (χ0) is 11.0. The molecule has 84 valence electrons. The van der Waals surface area contributed by atoms with Gasteiger partial charge in [0.2, 0.25) is 0 Å². The summed E-state index contributed by atoms with van der Waals surface area (Å²) in [7, 11) is 0. The van der Waals surface area contributed by atoms with Crippen LogP contribution < -0.4 is 0 Å². The lowest BCUT2D eigenvalue weighted by atomic mass is 10.4. The van der Waals surface area contributed by atoms with Crippen molar-refractivity contribution in [3.63, 3.8) is 0 Å². The molecule has 0 aliphatic heterocycles. The van der Waals surface area contributed by atoms with Gasteiger partial charge in [-0.2, -0.15) is 0 Å². The average molecular weight is 238 g/mol. The molecule has 1 atom stereocenters. The van der Waals surface area contributed by atoms with Crippen LogP contribution >= 0.6 is 6.72 Å². The maximum absolute atomic E-state index is 5.55. The van der Waals surface area contributed by atoms with Crippen LogP contribution in [0.3, 0.4) is 0 Å². The Hall–Kier alpha value is 0.270. The van der Waals surface area contributed by atoms with Crippen LogP contribution in [-0.4, -0.2) is 19.3 Å². The highest BCUT2D eigenvalue weighted by Crippen LogP contribution is 2.50. The maximum atomic E-state index is 5.55. The van der Waals surface area contributed by atoms with Crippen LogP contribution in [0.25, 0.3) is 0 Å².